The highest BCUT2D eigenvalue weighted by molar-refractivity contribution is 6.05. The van der Waals surface area contributed by atoms with Gasteiger partial charge in [-0.2, -0.15) is 0 Å². The average molecular weight is 487 g/mol. The fraction of sp³-hybridized carbons (Fsp3) is 0.304. The summed E-state index contributed by atoms with van der Waals surface area (Å²) >= 11 is 0. The van der Waals surface area contributed by atoms with Gasteiger partial charge in [0.15, 0.2) is 0 Å². The van der Waals surface area contributed by atoms with Gasteiger partial charge in [0.25, 0.3) is 5.91 Å². The van der Waals surface area contributed by atoms with Crippen molar-refractivity contribution < 1.29 is 32.2 Å². The molecule has 0 atom stereocenters. The first-order valence-corrected chi connectivity index (χ1v) is 10.7. The minimum Gasteiger partial charge on any atom is -0.406 e. The predicted molar refractivity (Wildman–Crippen MR) is 118 cm³/mol. The van der Waals surface area contributed by atoms with Crippen molar-refractivity contribution in [2.24, 2.45) is 0 Å². The number of rotatable bonds is 5. The molecule has 0 radical (unpaired) electrons. The van der Waals surface area contributed by atoms with Gasteiger partial charge in [-0.25, -0.2) is 15.0 Å². The number of pyridine rings is 1. The first-order chi connectivity index (χ1) is 16.9. The van der Waals surface area contributed by atoms with Gasteiger partial charge in [-0.3, -0.25) is 4.79 Å². The second-order valence-electron chi connectivity index (χ2n) is 8.04. The number of fused-ring (bicyclic) bond motifs is 2. The van der Waals surface area contributed by atoms with Crippen LogP contribution in [0.1, 0.15) is 10.4 Å². The second-order valence-corrected chi connectivity index (χ2v) is 8.04. The van der Waals surface area contributed by atoms with Crippen LogP contribution in [0.25, 0.3) is 11.1 Å². The molecule has 2 fully saturated rings. The second kappa shape index (κ2) is 9.47. The highest BCUT2D eigenvalue weighted by Crippen LogP contribution is 2.35. The summed E-state index contributed by atoms with van der Waals surface area (Å²) in [6.07, 6.45) is 1.37. The topological polar surface area (TPSA) is 98.7 Å². The van der Waals surface area contributed by atoms with Gasteiger partial charge in [-0.1, -0.05) is 0 Å². The molecule has 3 aromatic rings. The van der Waals surface area contributed by atoms with Crippen LogP contribution in [-0.4, -0.2) is 65.7 Å². The molecule has 35 heavy (non-hydrogen) atoms. The maximum absolute atomic E-state index is 12.9. The smallest absolute Gasteiger partial charge is 0.406 e. The zero-order chi connectivity index (χ0) is 24.4. The highest BCUT2D eigenvalue weighted by Gasteiger charge is 2.37. The normalized spacial score (nSPS) is 19.8. The lowest BCUT2D eigenvalue weighted by Crippen LogP contribution is -2.60. The van der Waals surface area contributed by atoms with Crippen molar-refractivity contribution >= 4 is 17.4 Å². The van der Waals surface area contributed by atoms with Crippen LogP contribution in [0.4, 0.5) is 24.7 Å². The van der Waals surface area contributed by atoms with Crippen LogP contribution in [0.5, 0.6) is 5.75 Å². The summed E-state index contributed by atoms with van der Waals surface area (Å²) in [4.78, 5) is 27.9. The van der Waals surface area contributed by atoms with E-state index in [1.165, 1.54) is 24.7 Å². The molecule has 1 N–H and O–H groups in total. The average Bonchev–Trinajstić information content (AvgIpc) is 2.84. The molecule has 9 nitrogen and oxygen atoms in total. The standard InChI is InChI=1S/C23H20F3N5O4/c24-23(25,26)35-19-3-1-16(2-4-19)30-22(32)14-5-20(15-6-27-13-28-7-15)21(29-8-14)31-17-9-33-11-18(31)12-34-10-17/h1-8,13,17-18H,9-12H2,(H,30,32). The molecule has 2 aliphatic heterocycles. The lowest BCUT2D eigenvalue weighted by molar-refractivity contribution is -0.274. The number of amides is 1. The summed E-state index contributed by atoms with van der Waals surface area (Å²) in [5.74, 6) is -0.184. The Hall–Kier alpha value is -3.77. The minimum absolute atomic E-state index is 0.0181. The molecular formula is C23H20F3N5O4. The van der Waals surface area contributed by atoms with Gasteiger partial charge in [-0.15, -0.1) is 13.2 Å². The van der Waals surface area contributed by atoms with E-state index in [2.05, 4.69) is 29.9 Å². The number of carbonyl (C=O) groups excluding carboxylic acids is 1. The molecule has 2 aromatic heterocycles. The molecule has 2 saturated heterocycles. The van der Waals surface area contributed by atoms with Gasteiger partial charge >= 0.3 is 6.36 Å². The summed E-state index contributed by atoms with van der Waals surface area (Å²) in [7, 11) is 0. The zero-order valence-electron chi connectivity index (χ0n) is 18.2. The Balaban J connectivity index is 1.43. The molecule has 0 aliphatic carbocycles. The molecule has 182 valence electrons. The monoisotopic (exact) mass is 487 g/mol. The first kappa shape index (κ1) is 23.0. The molecule has 2 bridgehead atoms. The van der Waals surface area contributed by atoms with Gasteiger partial charge < -0.3 is 24.4 Å². The van der Waals surface area contributed by atoms with Crippen molar-refractivity contribution in [2.45, 2.75) is 18.4 Å². The van der Waals surface area contributed by atoms with E-state index in [0.29, 0.717) is 49.1 Å². The van der Waals surface area contributed by atoms with E-state index >= 15 is 0 Å². The Morgan fingerprint density at radius 3 is 2.23 bits per heavy atom. The Kier molecular flexibility index (Phi) is 6.22. The van der Waals surface area contributed by atoms with Crippen LogP contribution in [-0.2, 0) is 9.47 Å². The molecule has 0 unspecified atom stereocenters. The Morgan fingerprint density at radius 1 is 1.00 bits per heavy atom. The van der Waals surface area contributed by atoms with Gasteiger partial charge in [0.1, 0.15) is 17.9 Å². The SMILES string of the molecule is O=C(Nc1ccc(OC(F)(F)F)cc1)c1cnc(N2C3COCC2COC3)c(-c2cncnc2)c1. The number of ether oxygens (including phenoxy) is 3. The molecule has 5 rings (SSSR count). The van der Waals surface area contributed by atoms with Gasteiger partial charge in [-0.05, 0) is 30.3 Å². The number of aromatic nitrogens is 3. The number of hydrogen-bond donors (Lipinski definition) is 1. The third kappa shape index (κ3) is 5.17. The summed E-state index contributed by atoms with van der Waals surface area (Å²) in [6.45, 7) is 2.00. The largest absolute Gasteiger partial charge is 0.573 e. The van der Waals surface area contributed by atoms with Crippen LogP contribution in [0, 0.1) is 0 Å². The molecule has 12 heteroatoms. The van der Waals surface area contributed by atoms with E-state index in [4.69, 9.17) is 9.47 Å². The summed E-state index contributed by atoms with van der Waals surface area (Å²) in [5.41, 5.74) is 1.92. The Labute approximate surface area is 197 Å². The Bertz CT molecular complexity index is 1170. The van der Waals surface area contributed by atoms with Gasteiger partial charge in [0, 0.05) is 35.4 Å². The van der Waals surface area contributed by atoms with Crippen LogP contribution >= 0.6 is 0 Å². The fourth-order valence-corrected chi connectivity index (χ4v) is 4.12. The fourth-order valence-electron chi connectivity index (χ4n) is 4.12. The number of halogens is 3. The maximum atomic E-state index is 12.9. The van der Waals surface area contributed by atoms with Crippen LogP contribution in [0.15, 0.2) is 55.2 Å². The number of nitrogens with one attached hydrogen (secondary N) is 1. The third-order valence-electron chi connectivity index (χ3n) is 5.62. The molecule has 0 saturated carbocycles. The highest BCUT2D eigenvalue weighted by atomic mass is 19.4. The van der Waals surface area contributed by atoms with Crippen molar-refractivity contribution in [3.05, 3.63) is 60.8 Å². The number of nitrogens with zero attached hydrogens (tertiary/aromatic N) is 4. The van der Waals surface area contributed by atoms with E-state index in [-0.39, 0.29) is 23.4 Å². The van der Waals surface area contributed by atoms with Crippen molar-refractivity contribution in [1.29, 1.82) is 0 Å². The number of hydrogen-bond acceptors (Lipinski definition) is 8. The summed E-state index contributed by atoms with van der Waals surface area (Å²) < 4.78 is 52.3. The van der Waals surface area contributed by atoms with Crippen LogP contribution < -0.4 is 15.0 Å². The Morgan fingerprint density at radius 2 is 1.63 bits per heavy atom. The first-order valence-electron chi connectivity index (χ1n) is 10.7. The zero-order valence-corrected chi connectivity index (χ0v) is 18.2. The lowest BCUT2D eigenvalue weighted by atomic mass is 10.0. The predicted octanol–water partition coefficient (Wildman–Crippen LogP) is 3.29. The van der Waals surface area contributed by atoms with Crippen LogP contribution in [0.3, 0.4) is 0 Å². The third-order valence-corrected chi connectivity index (χ3v) is 5.62. The molecule has 0 spiro atoms. The number of alkyl halides is 3. The summed E-state index contributed by atoms with van der Waals surface area (Å²) in [6, 6.07) is 6.55. The summed E-state index contributed by atoms with van der Waals surface area (Å²) in [5, 5.41) is 2.67. The number of benzene rings is 1. The van der Waals surface area contributed by atoms with Crippen molar-refractivity contribution in [2.75, 3.05) is 36.6 Å². The number of morpholine rings is 2. The molecule has 1 amide bonds. The minimum atomic E-state index is -4.79. The van der Waals surface area contributed by atoms with E-state index in [0.717, 1.165) is 12.1 Å². The van der Waals surface area contributed by atoms with E-state index in [1.807, 2.05) is 0 Å². The lowest BCUT2D eigenvalue weighted by Gasteiger charge is -2.46. The molecule has 2 aliphatic rings. The quantitative estimate of drug-likeness (QED) is 0.586. The van der Waals surface area contributed by atoms with Gasteiger partial charge in [0.05, 0.1) is 44.1 Å². The number of anilines is 2. The molecule has 4 heterocycles. The van der Waals surface area contributed by atoms with E-state index < -0.39 is 12.3 Å². The van der Waals surface area contributed by atoms with E-state index in [1.54, 1.807) is 18.5 Å². The maximum Gasteiger partial charge on any atom is 0.573 e. The van der Waals surface area contributed by atoms with E-state index in [9.17, 15) is 18.0 Å². The van der Waals surface area contributed by atoms with Crippen molar-refractivity contribution in [1.82, 2.24) is 15.0 Å². The van der Waals surface area contributed by atoms with Crippen LogP contribution in [0.2, 0.25) is 0 Å². The van der Waals surface area contributed by atoms with Gasteiger partial charge in [0.2, 0.25) is 0 Å². The number of carbonyl (C=O) groups is 1. The molecular weight excluding hydrogens is 467 g/mol. The molecule has 1 aromatic carbocycles. The van der Waals surface area contributed by atoms with Crippen molar-refractivity contribution in [3.63, 3.8) is 0 Å². The van der Waals surface area contributed by atoms with Crippen molar-refractivity contribution in [3.8, 4) is 16.9 Å².